The highest BCUT2D eigenvalue weighted by Gasteiger charge is 2.29. The lowest BCUT2D eigenvalue weighted by Gasteiger charge is -2.39. The number of morpholine rings is 1. The number of aliphatic hydroxyl groups is 1. The van der Waals surface area contributed by atoms with E-state index in [9.17, 15) is 5.11 Å². The first-order valence-corrected chi connectivity index (χ1v) is 9.09. The molecule has 134 valence electrons. The maximum atomic E-state index is 9.36. The molecule has 2 heterocycles. The second-order valence-electron chi connectivity index (χ2n) is 7.01. The number of rotatable bonds is 5. The van der Waals surface area contributed by atoms with Gasteiger partial charge in [-0.25, -0.2) is 0 Å². The number of aliphatic hydroxyl groups excluding tert-OH is 1. The maximum absolute atomic E-state index is 9.36. The number of nitrogens with zero attached hydrogens (tertiary/aromatic N) is 2. The zero-order chi connectivity index (χ0) is 16.8. The van der Waals surface area contributed by atoms with Crippen molar-refractivity contribution in [3.8, 4) is 0 Å². The second-order valence-corrected chi connectivity index (χ2v) is 7.01. The normalized spacial score (nSPS) is 30.2. The summed E-state index contributed by atoms with van der Waals surface area (Å²) >= 11 is 0. The molecule has 2 aliphatic heterocycles. The van der Waals surface area contributed by atoms with Crippen molar-refractivity contribution in [3.05, 3.63) is 35.9 Å². The van der Waals surface area contributed by atoms with E-state index in [0.29, 0.717) is 12.6 Å². The summed E-state index contributed by atoms with van der Waals surface area (Å²) in [5.41, 5.74) is 1.36. The van der Waals surface area contributed by atoms with Crippen LogP contribution in [0.4, 0.5) is 0 Å². The molecule has 3 atom stereocenters. The molecular formula is C19H30N2O3. The Hall–Kier alpha value is -0.980. The van der Waals surface area contributed by atoms with Crippen molar-refractivity contribution >= 4 is 0 Å². The van der Waals surface area contributed by atoms with Crippen molar-refractivity contribution < 1.29 is 14.6 Å². The minimum absolute atomic E-state index is 0.0626. The lowest BCUT2D eigenvalue weighted by molar-refractivity contribution is -0.0924. The Kier molecular flexibility index (Phi) is 6.63. The van der Waals surface area contributed by atoms with E-state index in [1.165, 1.54) is 5.56 Å². The molecule has 2 fully saturated rings. The van der Waals surface area contributed by atoms with Gasteiger partial charge in [0.1, 0.15) is 0 Å². The molecule has 0 amide bonds. The van der Waals surface area contributed by atoms with Gasteiger partial charge in [0.05, 0.1) is 25.4 Å². The lowest BCUT2D eigenvalue weighted by atomic mass is 10.1. The van der Waals surface area contributed by atoms with E-state index in [4.69, 9.17) is 9.47 Å². The highest BCUT2D eigenvalue weighted by Crippen LogP contribution is 2.16. The van der Waals surface area contributed by atoms with Crippen molar-refractivity contribution in [2.45, 2.75) is 38.1 Å². The summed E-state index contributed by atoms with van der Waals surface area (Å²) in [6, 6.07) is 11.0. The number of hydrogen-bond donors (Lipinski definition) is 1. The van der Waals surface area contributed by atoms with E-state index < -0.39 is 0 Å². The Bertz CT molecular complexity index is 485. The number of ether oxygens (including phenoxy) is 2. The first-order chi connectivity index (χ1) is 11.7. The summed E-state index contributed by atoms with van der Waals surface area (Å²) in [7, 11) is 0. The van der Waals surface area contributed by atoms with E-state index in [1.54, 1.807) is 0 Å². The van der Waals surface area contributed by atoms with Crippen LogP contribution in [0.1, 0.15) is 18.9 Å². The van der Waals surface area contributed by atoms with Crippen molar-refractivity contribution in [1.82, 2.24) is 9.80 Å². The van der Waals surface area contributed by atoms with Crippen LogP contribution in [0.15, 0.2) is 30.3 Å². The third-order valence-corrected chi connectivity index (χ3v) is 4.96. The van der Waals surface area contributed by atoms with Gasteiger partial charge < -0.3 is 14.6 Å². The molecule has 1 aromatic carbocycles. The average molecular weight is 334 g/mol. The Morgan fingerprint density at radius 1 is 1.12 bits per heavy atom. The summed E-state index contributed by atoms with van der Waals surface area (Å²) < 4.78 is 11.7. The molecule has 0 spiro atoms. The minimum atomic E-state index is -0.0626. The van der Waals surface area contributed by atoms with Gasteiger partial charge >= 0.3 is 0 Å². The SMILES string of the molecule is C[C@@H]1CO[C@H](CO)CN1C[C@@H]1CN(Cc2ccccc2)CCCO1. The van der Waals surface area contributed by atoms with Crippen LogP contribution >= 0.6 is 0 Å². The lowest BCUT2D eigenvalue weighted by Crippen LogP contribution is -2.53. The van der Waals surface area contributed by atoms with Crippen LogP contribution in [0.5, 0.6) is 0 Å². The fraction of sp³-hybridized carbons (Fsp3) is 0.684. The largest absolute Gasteiger partial charge is 0.394 e. The average Bonchev–Trinajstić information content (AvgIpc) is 2.83. The minimum Gasteiger partial charge on any atom is -0.394 e. The van der Waals surface area contributed by atoms with Gasteiger partial charge in [0, 0.05) is 45.4 Å². The van der Waals surface area contributed by atoms with Crippen molar-refractivity contribution in [1.29, 1.82) is 0 Å². The highest BCUT2D eigenvalue weighted by atomic mass is 16.5. The van der Waals surface area contributed by atoms with Crippen LogP contribution in [0.25, 0.3) is 0 Å². The molecule has 5 heteroatoms. The first-order valence-electron chi connectivity index (χ1n) is 9.09. The Balaban J connectivity index is 1.56. The molecule has 1 aromatic rings. The molecule has 0 radical (unpaired) electrons. The third-order valence-electron chi connectivity index (χ3n) is 4.96. The molecule has 0 bridgehead atoms. The van der Waals surface area contributed by atoms with Gasteiger partial charge in [0.2, 0.25) is 0 Å². The van der Waals surface area contributed by atoms with E-state index in [0.717, 1.165) is 45.8 Å². The first kappa shape index (κ1) is 17.8. The third kappa shape index (κ3) is 5.01. The molecule has 5 nitrogen and oxygen atoms in total. The monoisotopic (exact) mass is 334 g/mol. The summed E-state index contributed by atoms with van der Waals surface area (Å²) in [6.45, 7) is 8.53. The van der Waals surface area contributed by atoms with Gasteiger partial charge in [-0.05, 0) is 18.9 Å². The van der Waals surface area contributed by atoms with Gasteiger partial charge in [-0.3, -0.25) is 9.80 Å². The molecule has 3 rings (SSSR count). The topological polar surface area (TPSA) is 45.2 Å². The molecule has 24 heavy (non-hydrogen) atoms. The molecule has 2 aliphatic rings. The van der Waals surface area contributed by atoms with Crippen molar-refractivity contribution in [2.24, 2.45) is 0 Å². The van der Waals surface area contributed by atoms with Crippen molar-refractivity contribution in [2.75, 3.05) is 46.0 Å². The molecule has 1 N–H and O–H groups in total. The fourth-order valence-electron chi connectivity index (χ4n) is 3.57. The fourth-order valence-corrected chi connectivity index (χ4v) is 3.57. The molecule has 2 saturated heterocycles. The Labute approximate surface area is 145 Å². The van der Waals surface area contributed by atoms with Gasteiger partial charge in [0.15, 0.2) is 0 Å². The Morgan fingerprint density at radius 2 is 1.96 bits per heavy atom. The van der Waals surface area contributed by atoms with Crippen LogP contribution in [0.3, 0.4) is 0 Å². The zero-order valence-electron chi connectivity index (χ0n) is 14.6. The van der Waals surface area contributed by atoms with E-state index in [1.807, 2.05) is 0 Å². The van der Waals surface area contributed by atoms with Gasteiger partial charge in [-0.2, -0.15) is 0 Å². The molecule has 0 unspecified atom stereocenters. The van der Waals surface area contributed by atoms with Crippen LogP contribution < -0.4 is 0 Å². The van der Waals surface area contributed by atoms with E-state index >= 15 is 0 Å². The number of benzene rings is 1. The summed E-state index contributed by atoms with van der Waals surface area (Å²) in [6.07, 6.45) is 1.24. The van der Waals surface area contributed by atoms with E-state index in [-0.39, 0.29) is 18.8 Å². The van der Waals surface area contributed by atoms with Crippen LogP contribution in [-0.4, -0.2) is 79.2 Å². The van der Waals surface area contributed by atoms with Crippen LogP contribution in [-0.2, 0) is 16.0 Å². The quantitative estimate of drug-likeness (QED) is 0.881. The standard InChI is InChI=1S/C19H30N2O3/c1-16-15-24-19(14-22)13-21(16)12-18-11-20(8-5-9-23-18)10-17-6-3-2-4-7-17/h2-4,6-7,16,18-19,22H,5,8-15H2,1H3/t16-,18+,19+/m1/s1. The predicted molar refractivity (Wildman–Crippen MR) is 93.9 cm³/mol. The highest BCUT2D eigenvalue weighted by molar-refractivity contribution is 5.14. The molecule has 0 aliphatic carbocycles. The van der Waals surface area contributed by atoms with E-state index in [2.05, 4.69) is 47.1 Å². The molecular weight excluding hydrogens is 304 g/mol. The van der Waals surface area contributed by atoms with Gasteiger partial charge in [-0.15, -0.1) is 0 Å². The smallest absolute Gasteiger partial charge is 0.0933 e. The van der Waals surface area contributed by atoms with Gasteiger partial charge in [0.25, 0.3) is 0 Å². The number of hydrogen-bond acceptors (Lipinski definition) is 5. The van der Waals surface area contributed by atoms with Gasteiger partial charge in [-0.1, -0.05) is 30.3 Å². The predicted octanol–water partition coefficient (Wildman–Crippen LogP) is 1.36. The summed E-state index contributed by atoms with van der Waals surface area (Å²) in [5.74, 6) is 0. The maximum Gasteiger partial charge on any atom is 0.0933 e. The zero-order valence-corrected chi connectivity index (χ0v) is 14.6. The van der Waals surface area contributed by atoms with Crippen LogP contribution in [0, 0.1) is 0 Å². The molecule has 0 aromatic heterocycles. The molecule has 0 saturated carbocycles. The second kappa shape index (κ2) is 8.92. The summed E-state index contributed by atoms with van der Waals surface area (Å²) in [5, 5.41) is 9.36. The summed E-state index contributed by atoms with van der Waals surface area (Å²) in [4.78, 5) is 4.91. The Morgan fingerprint density at radius 3 is 2.75 bits per heavy atom. The van der Waals surface area contributed by atoms with Crippen LogP contribution in [0.2, 0.25) is 0 Å². The van der Waals surface area contributed by atoms with Crippen molar-refractivity contribution in [3.63, 3.8) is 0 Å².